The van der Waals surface area contributed by atoms with Crippen LogP contribution in [0.3, 0.4) is 0 Å². The van der Waals surface area contributed by atoms with E-state index in [4.69, 9.17) is 0 Å². The summed E-state index contributed by atoms with van der Waals surface area (Å²) in [5, 5.41) is 7.11. The molecule has 0 unspecified atom stereocenters. The van der Waals surface area contributed by atoms with Gasteiger partial charge in [-0.1, -0.05) is 55.1 Å². The molecule has 1 aliphatic carbocycles. The normalized spacial score (nSPS) is 14.8. The van der Waals surface area contributed by atoms with Crippen LogP contribution >= 0.6 is 0 Å². The van der Waals surface area contributed by atoms with Gasteiger partial charge in [0.15, 0.2) is 0 Å². The number of hydrogen-bond donors (Lipinski definition) is 2. The molecule has 0 heterocycles. The fourth-order valence-electron chi connectivity index (χ4n) is 3.54. The second-order valence-electron chi connectivity index (χ2n) is 7.68. The summed E-state index contributed by atoms with van der Waals surface area (Å²) in [7, 11) is 0. The Bertz CT molecular complexity index is 677. The molecule has 0 spiro atoms. The van der Waals surface area contributed by atoms with E-state index in [9.17, 15) is 0 Å². The molecular formula is C22H28N2. The fourth-order valence-corrected chi connectivity index (χ4v) is 3.54. The molecular weight excluding hydrogens is 292 g/mol. The molecule has 0 fully saturated rings. The number of aryl methyl sites for hydroxylation is 2. The molecule has 2 aromatic rings. The minimum atomic E-state index is -0.00919. The number of benzene rings is 2. The highest BCUT2D eigenvalue weighted by Crippen LogP contribution is 2.32. The molecule has 2 nitrogen and oxygen atoms in total. The van der Waals surface area contributed by atoms with Crippen molar-refractivity contribution in [3.63, 3.8) is 0 Å². The van der Waals surface area contributed by atoms with Crippen molar-refractivity contribution in [2.24, 2.45) is 0 Å². The average molecular weight is 320 g/mol. The Morgan fingerprint density at radius 2 is 1.42 bits per heavy atom. The van der Waals surface area contributed by atoms with Gasteiger partial charge in [0, 0.05) is 5.54 Å². The number of fused-ring (bicyclic) bond motifs is 2. The second kappa shape index (κ2) is 6.72. The van der Waals surface area contributed by atoms with Crippen molar-refractivity contribution in [3.8, 4) is 0 Å². The predicted molar refractivity (Wildman–Crippen MR) is 102 cm³/mol. The molecule has 2 aromatic carbocycles. The predicted octanol–water partition coefficient (Wildman–Crippen LogP) is 4.71. The lowest BCUT2D eigenvalue weighted by molar-refractivity contribution is 0.444. The van der Waals surface area contributed by atoms with Gasteiger partial charge >= 0.3 is 0 Å². The average Bonchev–Trinajstić information content (AvgIpc) is 2.51. The molecule has 0 aliphatic heterocycles. The smallest absolute Gasteiger partial charge is 0.0923 e. The number of rotatable bonds is 3. The molecule has 2 heteroatoms. The van der Waals surface area contributed by atoms with Gasteiger partial charge < -0.3 is 10.6 Å². The molecule has 3 rings (SSSR count). The summed E-state index contributed by atoms with van der Waals surface area (Å²) >= 11 is 0. The lowest BCUT2D eigenvalue weighted by atomic mass is 9.85. The van der Waals surface area contributed by atoms with Gasteiger partial charge in [0.2, 0.25) is 0 Å². The van der Waals surface area contributed by atoms with Crippen LogP contribution in [0.4, 0.5) is 0 Å². The van der Waals surface area contributed by atoms with Gasteiger partial charge in [-0.2, -0.15) is 0 Å². The van der Waals surface area contributed by atoms with Gasteiger partial charge in [-0.05, 0) is 62.3 Å². The maximum atomic E-state index is 4.21. The zero-order valence-corrected chi connectivity index (χ0v) is 15.0. The molecule has 0 aromatic heterocycles. The summed E-state index contributed by atoms with van der Waals surface area (Å²) in [6, 6.07) is 17.7. The van der Waals surface area contributed by atoms with Crippen LogP contribution in [0.25, 0.3) is 0 Å². The summed E-state index contributed by atoms with van der Waals surface area (Å²) in [6.07, 6.45) is 3.45. The van der Waals surface area contributed by atoms with Crippen molar-refractivity contribution in [2.75, 3.05) is 0 Å². The van der Waals surface area contributed by atoms with Crippen molar-refractivity contribution in [2.45, 2.75) is 51.6 Å². The van der Waals surface area contributed by atoms with E-state index < -0.39 is 0 Å². The van der Waals surface area contributed by atoms with Gasteiger partial charge in [-0.25, -0.2) is 0 Å². The molecule has 126 valence electrons. The van der Waals surface area contributed by atoms with Gasteiger partial charge in [0.25, 0.3) is 0 Å². The Kier molecular flexibility index (Phi) is 4.66. The SMILES string of the molecule is C=C(NC1c2ccccc2CCCc2ccccc21)NC(C)(C)C. The summed E-state index contributed by atoms with van der Waals surface area (Å²) in [6.45, 7) is 10.7. The largest absolute Gasteiger partial charge is 0.368 e. The van der Waals surface area contributed by atoms with Gasteiger partial charge in [0.1, 0.15) is 0 Å². The van der Waals surface area contributed by atoms with Crippen LogP contribution in [0.1, 0.15) is 55.5 Å². The number of nitrogens with one attached hydrogen (secondary N) is 2. The van der Waals surface area contributed by atoms with Gasteiger partial charge in [-0.3, -0.25) is 0 Å². The van der Waals surface area contributed by atoms with Gasteiger partial charge in [0.05, 0.1) is 11.9 Å². The first-order valence-electron chi connectivity index (χ1n) is 8.83. The van der Waals surface area contributed by atoms with E-state index in [-0.39, 0.29) is 11.6 Å². The van der Waals surface area contributed by atoms with Crippen molar-refractivity contribution in [1.29, 1.82) is 0 Å². The molecule has 0 radical (unpaired) electrons. The zero-order valence-electron chi connectivity index (χ0n) is 15.0. The minimum absolute atomic E-state index is 0.00919. The second-order valence-corrected chi connectivity index (χ2v) is 7.68. The third-order valence-electron chi connectivity index (χ3n) is 4.47. The highest BCUT2D eigenvalue weighted by molar-refractivity contribution is 5.43. The molecule has 0 bridgehead atoms. The fraction of sp³-hybridized carbons (Fsp3) is 0.364. The first kappa shape index (κ1) is 16.6. The van der Waals surface area contributed by atoms with Crippen LogP contribution in [0.5, 0.6) is 0 Å². The molecule has 0 saturated carbocycles. The quantitative estimate of drug-likeness (QED) is 0.855. The standard InChI is InChI=1S/C22H28N2/c1-16(24-22(2,3)4)23-21-19-14-7-5-10-17(19)12-9-13-18-11-6-8-15-20(18)21/h5-8,10-11,14-15,21,23-24H,1,9,12-13H2,2-4H3. The molecule has 2 N–H and O–H groups in total. The Morgan fingerprint density at radius 1 is 0.917 bits per heavy atom. The van der Waals surface area contributed by atoms with E-state index in [2.05, 4.69) is 86.5 Å². The van der Waals surface area contributed by atoms with E-state index in [1.165, 1.54) is 28.7 Å². The van der Waals surface area contributed by atoms with Crippen LogP contribution in [-0.4, -0.2) is 5.54 Å². The molecule has 24 heavy (non-hydrogen) atoms. The summed E-state index contributed by atoms with van der Waals surface area (Å²) in [4.78, 5) is 0. The first-order chi connectivity index (χ1) is 11.4. The van der Waals surface area contributed by atoms with E-state index in [0.717, 1.165) is 18.7 Å². The Morgan fingerprint density at radius 3 is 1.92 bits per heavy atom. The Balaban J connectivity index is 2.00. The van der Waals surface area contributed by atoms with Crippen LogP contribution in [0.2, 0.25) is 0 Å². The van der Waals surface area contributed by atoms with E-state index in [1.54, 1.807) is 0 Å². The molecule has 0 amide bonds. The monoisotopic (exact) mass is 320 g/mol. The van der Waals surface area contributed by atoms with E-state index in [0.29, 0.717) is 0 Å². The van der Waals surface area contributed by atoms with Crippen LogP contribution in [-0.2, 0) is 12.8 Å². The summed E-state index contributed by atoms with van der Waals surface area (Å²) < 4.78 is 0. The lowest BCUT2D eigenvalue weighted by Gasteiger charge is -2.31. The highest BCUT2D eigenvalue weighted by atomic mass is 15.1. The van der Waals surface area contributed by atoms with Crippen LogP contribution in [0.15, 0.2) is 60.9 Å². The van der Waals surface area contributed by atoms with E-state index in [1.807, 2.05) is 0 Å². The zero-order chi connectivity index (χ0) is 17.2. The van der Waals surface area contributed by atoms with Crippen LogP contribution in [0, 0.1) is 0 Å². The first-order valence-corrected chi connectivity index (χ1v) is 8.83. The molecule has 0 saturated heterocycles. The lowest BCUT2D eigenvalue weighted by Crippen LogP contribution is -2.41. The maximum Gasteiger partial charge on any atom is 0.0923 e. The van der Waals surface area contributed by atoms with Crippen LogP contribution < -0.4 is 10.6 Å². The molecule has 1 aliphatic rings. The summed E-state index contributed by atoms with van der Waals surface area (Å²) in [5.41, 5.74) is 5.59. The Hall–Kier alpha value is -2.22. The van der Waals surface area contributed by atoms with Crippen molar-refractivity contribution in [3.05, 3.63) is 83.2 Å². The van der Waals surface area contributed by atoms with Crippen molar-refractivity contribution >= 4 is 0 Å². The van der Waals surface area contributed by atoms with Crippen molar-refractivity contribution in [1.82, 2.24) is 10.6 Å². The topological polar surface area (TPSA) is 24.1 Å². The van der Waals surface area contributed by atoms with Gasteiger partial charge in [-0.15, -0.1) is 0 Å². The molecule has 0 atom stereocenters. The van der Waals surface area contributed by atoms with E-state index >= 15 is 0 Å². The minimum Gasteiger partial charge on any atom is -0.368 e. The Labute approximate surface area is 146 Å². The maximum absolute atomic E-state index is 4.21. The van der Waals surface area contributed by atoms with Crippen molar-refractivity contribution < 1.29 is 0 Å². The highest BCUT2D eigenvalue weighted by Gasteiger charge is 2.23. The number of hydrogen-bond acceptors (Lipinski definition) is 2. The summed E-state index contributed by atoms with van der Waals surface area (Å²) in [5.74, 6) is 0.873. The third kappa shape index (κ3) is 3.81. The third-order valence-corrected chi connectivity index (χ3v) is 4.47.